The third-order valence-corrected chi connectivity index (χ3v) is 4.62. The predicted molar refractivity (Wildman–Crippen MR) is 91.5 cm³/mol. The van der Waals surface area contributed by atoms with Gasteiger partial charge >= 0.3 is 0 Å². The number of ketones is 1. The Morgan fingerprint density at radius 2 is 1.88 bits per heavy atom. The fourth-order valence-electron chi connectivity index (χ4n) is 3.21. The molecule has 4 nitrogen and oxygen atoms in total. The van der Waals surface area contributed by atoms with Gasteiger partial charge in [0.1, 0.15) is 5.82 Å². The molecule has 0 aliphatic carbocycles. The predicted octanol–water partition coefficient (Wildman–Crippen LogP) is 3.06. The Hall–Kier alpha value is -1.98. The van der Waals surface area contributed by atoms with Gasteiger partial charge in [-0.05, 0) is 44.5 Å². The number of aromatic nitrogens is 1. The van der Waals surface area contributed by atoms with Gasteiger partial charge in [-0.1, -0.05) is 6.07 Å². The van der Waals surface area contributed by atoms with Gasteiger partial charge in [0.05, 0.1) is 19.8 Å². The number of Topliss-reactive ketones (excluding diaryl/α,β-unsaturated/α-hetero) is 1. The lowest BCUT2D eigenvalue weighted by Gasteiger charge is -2.25. The quantitative estimate of drug-likeness (QED) is 0.808. The molecule has 5 heteroatoms. The summed E-state index contributed by atoms with van der Waals surface area (Å²) in [5.41, 5.74) is 3.86. The fraction of sp³-hybridized carbons (Fsp3) is 0.421. The molecule has 0 amide bonds. The Bertz CT molecular complexity index is 761. The van der Waals surface area contributed by atoms with Crippen LogP contribution in [-0.4, -0.2) is 48.1 Å². The van der Waals surface area contributed by atoms with Gasteiger partial charge in [-0.3, -0.25) is 9.69 Å². The van der Waals surface area contributed by atoms with Gasteiger partial charge in [-0.15, -0.1) is 0 Å². The summed E-state index contributed by atoms with van der Waals surface area (Å²) in [5, 5.41) is 0. The molecular formula is C19H23FN2O2. The van der Waals surface area contributed by atoms with Crippen molar-refractivity contribution in [2.45, 2.75) is 20.8 Å². The van der Waals surface area contributed by atoms with Gasteiger partial charge in [-0.25, -0.2) is 4.39 Å². The van der Waals surface area contributed by atoms with Crippen LogP contribution < -0.4 is 0 Å². The second kappa shape index (κ2) is 6.87. The molecule has 0 radical (unpaired) electrons. The summed E-state index contributed by atoms with van der Waals surface area (Å²) in [6.45, 7) is 8.92. The number of benzene rings is 1. The fourth-order valence-corrected chi connectivity index (χ4v) is 3.21. The van der Waals surface area contributed by atoms with E-state index in [9.17, 15) is 9.18 Å². The van der Waals surface area contributed by atoms with Crippen LogP contribution in [0.3, 0.4) is 0 Å². The number of nitrogens with zero attached hydrogens (tertiary/aromatic N) is 2. The van der Waals surface area contributed by atoms with Crippen molar-refractivity contribution in [3.63, 3.8) is 0 Å². The molecule has 1 aliphatic heterocycles. The summed E-state index contributed by atoms with van der Waals surface area (Å²) in [5.74, 6) is -0.134. The van der Waals surface area contributed by atoms with Crippen molar-refractivity contribution in [1.82, 2.24) is 9.47 Å². The van der Waals surface area contributed by atoms with Gasteiger partial charge in [0.15, 0.2) is 5.78 Å². The standard InChI is InChI=1S/C19H23FN2O2/c1-13-4-5-16(11-18(13)20)22-14(2)10-17(15(22)3)19(23)12-21-6-8-24-9-7-21/h4-5,10-11H,6-9,12H2,1-3H3. The third-order valence-electron chi connectivity index (χ3n) is 4.62. The summed E-state index contributed by atoms with van der Waals surface area (Å²) in [4.78, 5) is 14.8. The normalized spacial score (nSPS) is 15.7. The minimum atomic E-state index is -0.235. The molecule has 0 saturated carbocycles. The zero-order valence-electron chi connectivity index (χ0n) is 14.4. The van der Waals surface area contributed by atoms with Crippen molar-refractivity contribution in [2.75, 3.05) is 32.8 Å². The van der Waals surface area contributed by atoms with Crippen molar-refractivity contribution in [1.29, 1.82) is 0 Å². The molecule has 0 atom stereocenters. The molecular weight excluding hydrogens is 307 g/mol. The topological polar surface area (TPSA) is 34.5 Å². The van der Waals surface area contributed by atoms with E-state index in [1.807, 2.05) is 30.5 Å². The summed E-state index contributed by atoms with van der Waals surface area (Å²) < 4.78 is 21.2. The van der Waals surface area contributed by atoms with E-state index in [1.165, 1.54) is 6.07 Å². The molecule has 0 spiro atoms. The van der Waals surface area contributed by atoms with E-state index in [0.29, 0.717) is 30.9 Å². The molecule has 2 heterocycles. The van der Waals surface area contributed by atoms with Crippen LogP contribution in [0.25, 0.3) is 5.69 Å². The van der Waals surface area contributed by atoms with E-state index >= 15 is 0 Å². The highest BCUT2D eigenvalue weighted by Gasteiger charge is 2.20. The second-order valence-corrected chi connectivity index (χ2v) is 6.37. The van der Waals surface area contributed by atoms with E-state index in [0.717, 1.165) is 30.2 Å². The summed E-state index contributed by atoms with van der Waals surface area (Å²) in [6.07, 6.45) is 0. The molecule has 3 rings (SSSR count). The van der Waals surface area contributed by atoms with E-state index in [-0.39, 0.29) is 11.6 Å². The highest BCUT2D eigenvalue weighted by Crippen LogP contribution is 2.23. The second-order valence-electron chi connectivity index (χ2n) is 6.37. The Morgan fingerprint density at radius 1 is 1.17 bits per heavy atom. The summed E-state index contributed by atoms with van der Waals surface area (Å²) >= 11 is 0. The van der Waals surface area contributed by atoms with E-state index in [2.05, 4.69) is 4.90 Å². The first-order valence-corrected chi connectivity index (χ1v) is 8.26. The van der Waals surface area contributed by atoms with E-state index in [1.54, 1.807) is 13.0 Å². The van der Waals surface area contributed by atoms with Crippen molar-refractivity contribution in [2.24, 2.45) is 0 Å². The van der Waals surface area contributed by atoms with Crippen molar-refractivity contribution in [3.05, 3.63) is 52.6 Å². The maximum absolute atomic E-state index is 13.9. The number of aryl methyl sites for hydroxylation is 2. The first-order chi connectivity index (χ1) is 11.5. The summed E-state index contributed by atoms with van der Waals surface area (Å²) in [6, 6.07) is 7.06. The zero-order chi connectivity index (χ0) is 17.3. The number of carbonyl (C=O) groups excluding carboxylic acids is 1. The minimum absolute atomic E-state index is 0.101. The molecule has 24 heavy (non-hydrogen) atoms. The van der Waals surface area contributed by atoms with Gasteiger partial charge in [0.25, 0.3) is 0 Å². The Labute approximate surface area is 141 Å². The molecule has 0 bridgehead atoms. The van der Waals surface area contributed by atoms with Gasteiger partial charge < -0.3 is 9.30 Å². The molecule has 2 aromatic rings. The number of carbonyl (C=O) groups is 1. The van der Waals surface area contributed by atoms with Gasteiger partial charge in [0, 0.05) is 35.7 Å². The first-order valence-electron chi connectivity index (χ1n) is 8.26. The van der Waals surface area contributed by atoms with Crippen LogP contribution in [-0.2, 0) is 4.74 Å². The average Bonchev–Trinajstić information content (AvgIpc) is 2.86. The highest BCUT2D eigenvalue weighted by atomic mass is 19.1. The van der Waals surface area contributed by atoms with Crippen molar-refractivity contribution < 1.29 is 13.9 Å². The zero-order valence-corrected chi connectivity index (χ0v) is 14.4. The largest absolute Gasteiger partial charge is 0.379 e. The van der Waals surface area contributed by atoms with Crippen molar-refractivity contribution in [3.8, 4) is 5.69 Å². The number of ether oxygens (including phenoxy) is 1. The molecule has 1 aliphatic rings. The van der Waals surface area contributed by atoms with E-state index in [4.69, 9.17) is 4.74 Å². The van der Waals surface area contributed by atoms with Crippen LogP contribution in [0.4, 0.5) is 4.39 Å². The highest BCUT2D eigenvalue weighted by molar-refractivity contribution is 5.99. The molecule has 0 unspecified atom stereocenters. The Morgan fingerprint density at radius 3 is 2.54 bits per heavy atom. The first kappa shape index (κ1) is 16.9. The molecule has 1 fully saturated rings. The Balaban J connectivity index is 1.88. The lowest BCUT2D eigenvalue weighted by Crippen LogP contribution is -2.39. The van der Waals surface area contributed by atoms with Crippen LogP contribution in [0.15, 0.2) is 24.3 Å². The van der Waals surface area contributed by atoms with Crippen LogP contribution in [0.5, 0.6) is 0 Å². The molecule has 1 aromatic heterocycles. The number of hydrogen-bond acceptors (Lipinski definition) is 3. The lowest BCUT2D eigenvalue weighted by atomic mass is 10.1. The van der Waals surface area contributed by atoms with Crippen LogP contribution in [0.1, 0.15) is 27.3 Å². The average molecular weight is 330 g/mol. The number of hydrogen-bond donors (Lipinski definition) is 0. The molecule has 1 aromatic carbocycles. The molecule has 1 saturated heterocycles. The minimum Gasteiger partial charge on any atom is -0.379 e. The number of morpholine rings is 1. The maximum Gasteiger partial charge on any atom is 0.178 e. The van der Waals surface area contributed by atoms with E-state index < -0.39 is 0 Å². The smallest absolute Gasteiger partial charge is 0.178 e. The van der Waals surface area contributed by atoms with Crippen LogP contribution >= 0.6 is 0 Å². The Kier molecular flexibility index (Phi) is 4.83. The number of rotatable bonds is 4. The third kappa shape index (κ3) is 3.28. The SMILES string of the molecule is Cc1ccc(-n2c(C)cc(C(=O)CN3CCOCC3)c2C)cc1F. The number of halogens is 1. The monoisotopic (exact) mass is 330 g/mol. The van der Waals surface area contributed by atoms with Crippen LogP contribution in [0.2, 0.25) is 0 Å². The van der Waals surface area contributed by atoms with Gasteiger partial charge in [-0.2, -0.15) is 0 Å². The van der Waals surface area contributed by atoms with Gasteiger partial charge in [0.2, 0.25) is 0 Å². The molecule has 128 valence electrons. The lowest BCUT2D eigenvalue weighted by molar-refractivity contribution is 0.0371. The summed E-state index contributed by atoms with van der Waals surface area (Å²) in [7, 11) is 0. The van der Waals surface area contributed by atoms with Crippen molar-refractivity contribution >= 4 is 5.78 Å². The molecule has 0 N–H and O–H groups in total. The maximum atomic E-state index is 13.9. The van der Waals surface area contributed by atoms with Crippen LogP contribution in [0, 0.1) is 26.6 Å².